The summed E-state index contributed by atoms with van der Waals surface area (Å²) in [7, 11) is -3.56. The number of pyridine rings is 1. The lowest BCUT2D eigenvalue weighted by atomic mass is 10.0. The van der Waals surface area contributed by atoms with Crippen LogP contribution in [0.1, 0.15) is 13.8 Å². The Morgan fingerprint density at radius 2 is 1.68 bits per heavy atom. The average Bonchev–Trinajstić information content (AvgIpc) is 3.06. The number of aromatic nitrogens is 2. The first-order valence-corrected chi connectivity index (χ1v) is 9.70. The van der Waals surface area contributed by atoms with Crippen molar-refractivity contribution >= 4 is 40.1 Å². The zero-order chi connectivity index (χ0) is 17.6. The molecule has 0 atom stereocenters. The van der Waals surface area contributed by atoms with Crippen molar-refractivity contribution in [1.82, 2.24) is 9.61 Å². The summed E-state index contributed by atoms with van der Waals surface area (Å²) in [5.74, 6) is 0. The van der Waals surface area contributed by atoms with E-state index in [2.05, 4.69) is 5.10 Å². The molecule has 2 aromatic carbocycles. The second kappa shape index (κ2) is 5.92. The molecule has 0 saturated carbocycles. The molecule has 0 aliphatic carbocycles. The maximum absolute atomic E-state index is 13.0. The van der Waals surface area contributed by atoms with E-state index in [1.807, 2.05) is 30.3 Å². The molecule has 0 unspecified atom stereocenters. The summed E-state index contributed by atoms with van der Waals surface area (Å²) in [6.07, 6.45) is 0. The number of benzene rings is 2. The molecule has 0 saturated heterocycles. The van der Waals surface area contributed by atoms with Gasteiger partial charge in [0, 0.05) is 16.8 Å². The fourth-order valence-corrected chi connectivity index (χ4v) is 4.70. The summed E-state index contributed by atoms with van der Waals surface area (Å²) in [6, 6.07) is 13.1. The van der Waals surface area contributed by atoms with Crippen LogP contribution in [-0.2, 0) is 13.6 Å². The SMILES string of the molecule is CCOP(=O)(OCC)c1cc2c3cccc4cccc(c(=O)n2n1)c43. The molecule has 128 valence electrons. The molecule has 4 rings (SSSR count). The van der Waals surface area contributed by atoms with Crippen LogP contribution >= 0.6 is 7.60 Å². The molecule has 0 aliphatic heterocycles. The summed E-state index contributed by atoms with van der Waals surface area (Å²) in [5.41, 5.74) is 0.512. The molecule has 0 amide bonds. The third kappa shape index (κ3) is 2.37. The quantitative estimate of drug-likeness (QED) is 0.513. The van der Waals surface area contributed by atoms with E-state index in [0.29, 0.717) is 10.9 Å². The minimum absolute atomic E-state index is 0.157. The van der Waals surface area contributed by atoms with E-state index in [4.69, 9.17) is 9.05 Å². The monoisotopic (exact) mass is 356 g/mol. The Hall–Kier alpha value is -2.27. The third-order valence-corrected chi connectivity index (χ3v) is 6.15. The van der Waals surface area contributed by atoms with Crippen LogP contribution in [0.5, 0.6) is 0 Å². The second-order valence-corrected chi connectivity index (χ2v) is 7.62. The number of hydrogen-bond donors (Lipinski definition) is 0. The summed E-state index contributed by atoms with van der Waals surface area (Å²) < 4.78 is 25.0. The minimum atomic E-state index is -3.56. The van der Waals surface area contributed by atoms with Crippen molar-refractivity contribution in [3.63, 3.8) is 0 Å². The van der Waals surface area contributed by atoms with E-state index in [1.165, 1.54) is 4.52 Å². The molecular formula is C18H17N2O4P. The molecule has 2 aromatic heterocycles. The maximum Gasteiger partial charge on any atom is 0.381 e. The van der Waals surface area contributed by atoms with Crippen molar-refractivity contribution in [2.45, 2.75) is 13.8 Å². The Bertz CT molecular complexity index is 1170. The number of hydrogen-bond acceptors (Lipinski definition) is 5. The van der Waals surface area contributed by atoms with Gasteiger partial charge < -0.3 is 9.05 Å². The standard InChI is InChI=1S/C18H17N2O4P/c1-3-23-25(22,24-4-2)16-11-15-13-9-5-7-12-8-6-10-14(17(12)13)18(21)20(15)19-16/h5-11H,3-4H2,1-2H3. The Kier molecular flexibility index (Phi) is 3.84. The zero-order valence-electron chi connectivity index (χ0n) is 13.9. The summed E-state index contributed by atoms with van der Waals surface area (Å²) in [6.45, 7) is 3.93. The molecular weight excluding hydrogens is 339 g/mol. The summed E-state index contributed by atoms with van der Waals surface area (Å²) in [4.78, 5) is 12.9. The summed E-state index contributed by atoms with van der Waals surface area (Å²) >= 11 is 0. The van der Waals surface area contributed by atoms with E-state index < -0.39 is 7.60 Å². The van der Waals surface area contributed by atoms with E-state index in [0.717, 1.165) is 16.2 Å². The first kappa shape index (κ1) is 16.2. The molecule has 0 spiro atoms. The second-order valence-electron chi connectivity index (χ2n) is 5.65. The van der Waals surface area contributed by atoms with Gasteiger partial charge in [-0.3, -0.25) is 9.36 Å². The molecule has 0 radical (unpaired) electrons. The molecule has 7 heteroatoms. The van der Waals surface area contributed by atoms with Gasteiger partial charge in [0.25, 0.3) is 5.56 Å². The van der Waals surface area contributed by atoms with Gasteiger partial charge in [-0.15, -0.1) is 0 Å². The zero-order valence-corrected chi connectivity index (χ0v) is 14.8. The molecule has 0 bridgehead atoms. The van der Waals surface area contributed by atoms with Gasteiger partial charge in [0.05, 0.1) is 24.1 Å². The fraction of sp³-hybridized carbons (Fsp3) is 0.222. The van der Waals surface area contributed by atoms with Gasteiger partial charge in [0.1, 0.15) is 0 Å². The molecule has 4 aromatic rings. The fourth-order valence-electron chi connectivity index (χ4n) is 3.21. The van der Waals surface area contributed by atoms with Crippen molar-refractivity contribution in [2.75, 3.05) is 13.2 Å². The van der Waals surface area contributed by atoms with Gasteiger partial charge in [-0.25, -0.2) is 0 Å². The number of nitrogens with zero attached hydrogens (tertiary/aromatic N) is 2. The highest BCUT2D eigenvalue weighted by Gasteiger charge is 2.31. The Morgan fingerprint density at radius 1 is 1.04 bits per heavy atom. The molecule has 2 heterocycles. The van der Waals surface area contributed by atoms with E-state index >= 15 is 0 Å². The first-order chi connectivity index (χ1) is 12.1. The largest absolute Gasteiger partial charge is 0.381 e. The smallest absolute Gasteiger partial charge is 0.304 e. The van der Waals surface area contributed by atoms with E-state index in [-0.39, 0.29) is 24.2 Å². The van der Waals surface area contributed by atoms with Crippen LogP contribution in [-0.4, -0.2) is 22.8 Å². The van der Waals surface area contributed by atoms with Crippen LogP contribution < -0.4 is 11.0 Å². The van der Waals surface area contributed by atoms with Crippen molar-refractivity contribution < 1.29 is 13.6 Å². The normalized spacial score (nSPS) is 12.6. The predicted molar refractivity (Wildman–Crippen MR) is 98.2 cm³/mol. The minimum Gasteiger partial charge on any atom is -0.304 e. The highest BCUT2D eigenvalue weighted by molar-refractivity contribution is 7.61. The van der Waals surface area contributed by atoms with Crippen LogP contribution in [0.4, 0.5) is 0 Å². The van der Waals surface area contributed by atoms with Gasteiger partial charge >= 0.3 is 7.60 Å². The highest BCUT2D eigenvalue weighted by atomic mass is 31.2. The third-order valence-electron chi connectivity index (χ3n) is 4.18. The lowest BCUT2D eigenvalue weighted by molar-refractivity contribution is 0.229. The molecule has 6 nitrogen and oxygen atoms in total. The lowest BCUT2D eigenvalue weighted by Crippen LogP contribution is -2.18. The first-order valence-electron chi connectivity index (χ1n) is 8.15. The van der Waals surface area contributed by atoms with Crippen molar-refractivity contribution in [3.05, 3.63) is 52.8 Å². The van der Waals surface area contributed by atoms with Crippen LogP contribution in [0.15, 0.2) is 47.3 Å². The van der Waals surface area contributed by atoms with Crippen LogP contribution in [0, 0.1) is 0 Å². The maximum atomic E-state index is 13.0. The van der Waals surface area contributed by atoms with Gasteiger partial charge in [0.15, 0.2) is 5.44 Å². The topological polar surface area (TPSA) is 69.9 Å². The Labute approximate surface area is 143 Å². The molecule has 0 aliphatic rings. The van der Waals surface area contributed by atoms with E-state index in [9.17, 15) is 9.36 Å². The van der Waals surface area contributed by atoms with Gasteiger partial charge in [-0.05, 0) is 25.3 Å². The van der Waals surface area contributed by atoms with Crippen molar-refractivity contribution in [2.24, 2.45) is 0 Å². The number of fused-ring (bicyclic) bond motifs is 2. The van der Waals surface area contributed by atoms with Gasteiger partial charge in [0.2, 0.25) is 0 Å². The van der Waals surface area contributed by atoms with Gasteiger partial charge in [-0.1, -0.05) is 30.3 Å². The van der Waals surface area contributed by atoms with Crippen molar-refractivity contribution in [3.8, 4) is 0 Å². The van der Waals surface area contributed by atoms with Crippen molar-refractivity contribution in [1.29, 1.82) is 0 Å². The number of rotatable bonds is 5. The van der Waals surface area contributed by atoms with E-state index in [1.54, 1.807) is 26.0 Å². The van der Waals surface area contributed by atoms with Crippen LogP contribution in [0.25, 0.3) is 27.1 Å². The van der Waals surface area contributed by atoms with Gasteiger partial charge in [-0.2, -0.15) is 9.61 Å². The Balaban J connectivity index is 2.11. The highest BCUT2D eigenvalue weighted by Crippen LogP contribution is 2.46. The average molecular weight is 356 g/mol. The molecule has 25 heavy (non-hydrogen) atoms. The predicted octanol–water partition coefficient (Wildman–Crippen LogP) is 3.33. The molecule has 0 N–H and O–H groups in total. The lowest BCUT2D eigenvalue weighted by Gasteiger charge is -2.13. The molecule has 0 fully saturated rings. The Morgan fingerprint density at radius 3 is 2.32 bits per heavy atom. The van der Waals surface area contributed by atoms with Crippen LogP contribution in [0.2, 0.25) is 0 Å². The van der Waals surface area contributed by atoms with Crippen LogP contribution in [0.3, 0.4) is 0 Å². The summed E-state index contributed by atoms with van der Waals surface area (Å²) in [5, 5.41) is 7.61.